The van der Waals surface area contributed by atoms with Gasteiger partial charge in [0, 0.05) is 0 Å². The summed E-state index contributed by atoms with van der Waals surface area (Å²) in [6.07, 6.45) is 2.44. The highest BCUT2D eigenvalue weighted by Gasteiger charge is 2.26. The number of imidazole rings is 1. The summed E-state index contributed by atoms with van der Waals surface area (Å²) in [5.74, 6) is 0.440. The largest absolute Gasteiger partial charge is 0.443 e. The van der Waals surface area contributed by atoms with Gasteiger partial charge >= 0.3 is 6.09 Å². The van der Waals surface area contributed by atoms with E-state index in [0.29, 0.717) is 23.5 Å². The minimum atomic E-state index is -0.605. The zero-order valence-electron chi connectivity index (χ0n) is 13.9. The Balaban J connectivity index is 2.01. The molecule has 0 unspecified atom stereocenters. The molecule has 0 radical (unpaired) electrons. The van der Waals surface area contributed by atoms with Crippen molar-refractivity contribution in [1.29, 1.82) is 0 Å². The number of H-pyrrole nitrogens is 1. The van der Waals surface area contributed by atoms with Crippen molar-refractivity contribution in [3.8, 4) is 0 Å². The lowest BCUT2D eigenvalue weighted by Gasteiger charge is -2.27. The molecule has 2 heterocycles. The van der Waals surface area contributed by atoms with Gasteiger partial charge in [0.25, 0.3) is 0 Å². The van der Waals surface area contributed by atoms with Crippen LogP contribution in [0.5, 0.6) is 0 Å². The summed E-state index contributed by atoms with van der Waals surface area (Å²) >= 11 is 0. The van der Waals surface area contributed by atoms with Gasteiger partial charge in [0.05, 0.1) is 12.9 Å². The number of carbonyl (C=O) groups is 1. The van der Waals surface area contributed by atoms with E-state index in [1.165, 1.54) is 17.6 Å². The smallest absolute Gasteiger partial charge is 0.416 e. The van der Waals surface area contributed by atoms with E-state index < -0.39 is 11.7 Å². The van der Waals surface area contributed by atoms with Gasteiger partial charge in [0.15, 0.2) is 11.5 Å². The molecule has 124 valence electrons. The first kappa shape index (κ1) is 15.9. The summed E-state index contributed by atoms with van der Waals surface area (Å²) in [6.45, 7) is 5.83. The van der Waals surface area contributed by atoms with Crippen LogP contribution in [0, 0.1) is 0 Å². The Bertz CT molecular complexity index is 839. The molecule has 1 aromatic carbocycles. The lowest BCUT2D eigenvalue weighted by molar-refractivity contribution is 0.0576. The van der Waals surface area contributed by atoms with Crippen LogP contribution >= 0.6 is 0 Å². The van der Waals surface area contributed by atoms with E-state index in [9.17, 15) is 4.79 Å². The fourth-order valence-corrected chi connectivity index (χ4v) is 2.27. The molecule has 0 aliphatic carbocycles. The Morgan fingerprint density at radius 3 is 2.62 bits per heavy atom. The molecular formula is C17H19N5O2. The van der Waals surface area contributed by atoms with E-state index >= 15 is 0 Å². The Labute approximate surface area is 139 Å². The number of nitrogens with zero attached hydrogens (tertiary/aromatic N) is 4. The number of nitrogens with one attached hydrogen (secondary N) is 1. The number of ether oxygens (including phenoxy) is 1. The summed E-state index contributed by atoms with van der Waals surface area (Å²) in [5.41, 5.74) is 1.46. The molecule has 1 N–H and O–H groups in total. The van der Waals surface area contributed by atoms with E-state index in [4.69, 9.17) is 4.74 Å². The molecule has 2 aromatic heterocycles. The molecule has 0 atom stereocenters. The zero-order valence-corrected chi connectivity index (χ0v) is 13.9. The number of aromatic amines is 1. The highest BCUT2D eigenvalue weighted by Crippen LogP contribution is 2.24. The van der Waals surface area contributed by atoms with Crippen LogP contribution in [-0.4, -0.2) is 31.6 Å². The lowest BCUT2D eigenvalue weighted by Crippen LogP contribution is -2.37. The number of aromatic nitrogens is 4. The van der Waals surface area contributed by atoms with Crippen LogP contribution < -0.4 is 4.90 Å². The maximum atomic E-state index is 12.7. The first-order valence-corrected chi connectivity index (χ1v) is 7.62. The Morgan fingerprint density at radius 1 is 1.17 bits per heavy atom. The molecule has 1 amide bonds. The van der Waals surface area contributed by atoms with Crippen molar-refractivity contribution in [2.75, 3.05) is 4.90 Å². The first-order chi connectivity index (χ1) is 11.4. The third kappa shape index (κ3) is 3.51. The van der Waals surface area contributed by atoms with Crippen LogP contribution in [0.4, 0.5) is 10.6 Å². The average Bonchev–Trinajstić information content (AvgIpc) is 3.00. The molecule has 0 spiro atoms. The van der Waals surface area contributed by atoms with Gasteiger partial charge < -0.3 is 9.72 Å². The zero-order chi connectivity index (χ0) is 17.2. The van der Waals surface area contributed by atoms with Gasteiger partial charge in [-0.15, -0.1) is 0 Å². The van der Waals surface area contributed by atoms with Crippen LogP contribution in [-0.2, 0) is 11.3 Å². The molecular weight excluding hydrogens is 306 g/mol. The normalized spacial score (nSPS) is 11.5. The number of amides is 1. The minimum absolute atomic E-state index is 0.334. The Kier molecular flexibility index (Phi) is 4.16. The van der Waals surface area contributed by atoms with Crippen LogP contribution in [0.2, 0.25) is 0 Å². The van der Waals surface area contributed by atoms with Crippen molar-refractivity contribution in [1.82, 2.24) is 19.9 Å². The number of hydrogen-bond donors (Lipinski definition) is 1. The third-order valence-electron chi connectivity index (χ3n) is 3.26. The monoisotopic (exact) mass is 325 g/mol. The van der Waals surface area contributed by atoms with Crippen molar-refractivity contribution in [2.45, 2.75) is 32.9 Å². The number of fused-ring (bicyclic) bond motifs is 1. The number of rotatable bonds is 3. The summed E-state index contributed by atoms with van der Waals surface area (Å²) in [4.78, 5) is 29.7. The first-order valence-electron chi connectivity index (χ1n) is 7.62. The second-order valence-electron chi connectivity index (χ2n) is 6.35. The van der Waals surface area contributed by atoms with Crippen molar-refractivity contribution >= 4 is 23.1 Å². The Hall–Kier alpha value is -2.96. The number of carbonyl (C=O) groups excluding carboxylic acids is 1. The second-order valence-corrected chi connectivity index (χ2v) is 6.35. The topological polar surface area (TPSA) is 84.0 Å². The van der Waals surface area contributed by atoms with Crippen molar-refractivity contribution in [2.24, 2.45) is 0 Å². The standard InChI is InChI=1S/C17H19N5O2/c1-17(2,3)24-16(23)22(9-12-7-5-4-6-8-12)15-13-14(19-10-18-13)20-11-21-15/h4-8,10-11H,9H2,1-3H3,(H,18,19,20,21). The van der Waals surface area contributed by atoms with Crippen molar-refractivity contribution in [3.63, 3.8) is 0 Å². The molecule has 3 aromatic rings. The maximum Gasteiger partial charge on any atom is 0.416 e. The molecule has 0 bridgehead atoms. The highest BCUT2D eigenvalue weighted by atomic mass is 16.6. The summed E-state index contributed by atoms with van der Waals surface area (Å²) < 4.78 is 5.54. The molecule has 0 aliphatic rings. The summed E-state index contributed by atoms with van der Waals surface area (Å²) in [7, 11) is 0. The van der Waals surface area contributed by atoms with E-state index in [-0.39, 0.29) is 0 Å². The van der Waals surface area contributed by atoms with E-state index in [2.05, 4.69) is 19.9 Å². The van der Waals surface area contributed by atoms with Crippen LogP contribution in [0.1, 0.15) is 26.3 Å². The van der Waals surface area contributed by atoms with Crippen molar-refractivity contribution in [3.05, 3.63) is 48.5 Å². The molecule has 3 rings (SSSR count). The SMILES string of the molecule is CC(C)(C)OC(=O)N(Cc1ccccc1)c1ncnc2nc[nH]c12. The van der Waals surface area contributed by atoms with Crippen LogP contribution in [0.3, 0.4) is 0 Å². The minimum Gasteiger partial charge on any atom is -0.443 e. The number of benzene rings is 1. The molecule has 0 saturated carbocycles. The van der Waals surface area contributed by atoms with Gasteiger partial charge in [-0.05, 0) is 26.3 Å². The molecule has 0 aliphatic heterocycles. The van der Waals surface area contributed by atoms with E-state index in [0.717, 1.165) is 5.56 Å². The van der Waals surface area contributed by atoms with Gasteiger partial charge in [-0.25, -0.2) is 19.7 Å². The average molecular weight is 325 g/mol. The van der Waals surface area contributed by atoms with Gasteiger partial charge in [-0.3, -0.25) is 4.90 Å². The van der Waals surface area contributed by atoms with Crippen LogP contribution in [0.15, 0.2) is 43.0 Å². The number of hydrogen-bond acceptors (Lipinski definition) is 5. The summed E-state index contributed by atoms with van der Waals surface area (Å²) in [5, 5.41) is 0. The van der Waals surface area contributed by atoms with Crippen molar-refractivity contribution < 1.29 is 9.53 Å². The van der Waals surface area contributed by atoms with Gasteiger partial charge in [0.1, 0.15) is 17.4 Å². The summed E-state index contributed by atoms with van der Waals surface area (Å²) in [6, 6.07) is 9.67. The van der Waals surface area contributed by atoms with Gasteiger partial charge in [0.2, 0.25) is 0 Å². The molecule has 7 heteroatoms. The predicted molar refractivity (Wildman–Crippen MR) is 90.5 cm³/mol. The molecule has 24 heavy (non-hydrogen) atoms. The lowest BCUT2D eigenvalue weighted by atomic mass is 10.2. The van der Waals surface area contributed by atoms with Crippen LogP contribution in [0.25, 0.3) is 11.2 Å². The third-order valence-corrected chi connectivity index (χ3v) is 3.26. The van der Waals surface area contributed by atoms with Gasteiger partial charge in [-0.1, -0.05) is 30.3 Å². The highest BCUT2D eigenvalue weighted by molar-refractivity contribution is 5.95. The Morgan fingerprint density at radius 2 is 1.92 bits per heavy atom. The van der Waals surface area contributed by atoms with E-state index in [1.807, 2.05) is 51.1 Å². The quantitative estimate of drug-likeness (QED) is 0.799. The van der Waals surface area contributed by atoms with Gasteiger partial charge in [-0.2, -0.15) is 0 Å². The molecule has 0 fully saturated rings. The predicted octanol–water partition coefficient (Wildman–Crippen LogP) is 3.29. The fourth-order valence-electron chi connectivity index (χ4n) is 2.27. The molecule has 7 nitrogen and oxygen atoms in total. The second kappa shape index (κ2) is 6.27. The fraction of sp³-hybridized carbons (Fsp3) is 0.294. The molecule has 0 saturated heterocycles. The van der Waals surface area contributed by atoms with E-state index in [1.54, 1.807) is 0 Å². The maximum absolute atomic E-state index is 12.7. The number of anilines is 1.